The first-order valence-corrected chi connectivity index (χ1v) is 10.3. The summed E-state index contributed by atoms with van der Waals surface area (Å²) in [6.07, 6.45) is 2.79. The summed E-state index contributed by atoms with van der Waals surface area (Å²) in [7, 11) is 0. The minimum atomic E-state index is -0.109. The largest absolute Gasteiger partial charge is 0.352 e. The molecule has 6 nitrogen and oxygen atoms in total. The Morgan fingerprint density at radius 1 is 1.11 bits per heavy atom. The number of benzene rings is 1. The van der Waals surface area contributed by atoms with E-state index in [0.29, 0.717) is 17.7 Å². The van der Waals surface area contributed by atoms with E-state index in [0.717, 1.165) is 65.1 Å². The molecule has 0 aromatic heterocycles. The van der Waals surface area contributed by atoms with Gasteiger partial charge in [0, 0.05) is 56.9 Å². The Morgan fingerprint density at radius 2 is 1.78 bits per heavy atom. The van der Waals surface area contributed by atoms with Crippen molar-refractivity contribution in [2.45, 2.75) is 33.1 Å². The lowest BCUT2D eigenvalue weighted by atomic mass is 10.1. The average molecular weight is 375 g/mol. The van der Waals surface area contributed by atoms with Crippen molar-refractivity contribution in [2.75, 3.05) is 52.4 Å². The monoisotopic (exact) mass is 374 g/mol. The fraction of sp³-hybridized carbons (Fsp3) is 0.619. The topological polar surface area (TPSA) is 64.7 Å². The van der Waals surface area contributed by atoms with Crippen LogP contribution in [0, 0.1) is 0 Å². The first kappa shape index (κ1) is 21.4. The number of hydrogen-bond donors (Lipinski definition) is 2. The van der Waals surface area contributed by atoms with Crippen molar-refractivity contribution >= 4 is 11.8 Å². The molecular weight excluding hydrogens is 340 g/mol. The van der Waals surface area contributed by atoms with Gasteiger partial charge in [-0.25, -0.2) is 0 Å². The van der Waals surface area contributed by atoms with Crippen LogP contribution < -0.4 is 10.6 Å². The smallest absolute Gasteiger partial charge is 0.253 e. The van der Waals surface area contributed by atoms with Crippen LogP contribution in [0.2, 0.25) is 0 Å². The van der Waals surface area contributed by atoms with Gasteiger partial charge in [-0.3, -0.25) is 9.59 Å². The second-order valence-electron chi connectivity index (χ2n) is 7.07. The summed E-state index contributed by atoms with van der Waals surface area (Å²) in [6.45, 7) is 11.5. The van der Waals surface area contributed by atoms with Crippen LogP contribution in [0.3, 0.4) is 0 Å². The second-order valence-corrected chi connectivity index (χ2v) is 7.07. The van der Waals surface area contributed by atoms with Gasteiger partial charge in [0.2, 0.25) is 0 Å². The predicted octanol–water partition coefficient (Wildman–Crippen LogP) is 1.97. The van der Waals surface area contributed by atoms with Gasteiger partial charge in [0.25, 0.3) is 11.8 Å². The molecule has 0 atom stereocenters. The van der Waals surface area contributed by atoms with E-state index in [2.05, 4.69) is 29.4 Å². The second kappa shape index (κ2) is 11.7. The third-order valence-electron chi connectivity index (χ3n) is 4.79. The molecule has 0 bridgehead atoms. The van der Waals surface area contributed by atoms with E-state index in [1.54, 1.807) is 24.3 Å². The van der Waals surface area contributed by atoms with Crippen LogP contribution in [-0.2, 0) is 0 Å². The van der Waals surface area contributed by atoms with Gasteiger partial charge in [0.15, 0.2) is 0 Å². The van der Waals surface area contributed by atoms with Gasteiger partial charge < -0.3 is 20.4 Å². The molecule has 27 heavy (non-hydrogen) atoms. The fourth-order valence-electron chi connectivity index (χ4n) is 3.37. The molecule has 1 aliphatic heterocycles. The number of amides is 2. The fourth-order valence-corrected chi connectivity index (χ4v) is 3.37. The van der Waals surface area contributed by atoms with Gasteiger partial charge in [0.1, 0.15) is 0 Å². The van der Waals surface area contributed by atoms with E-state index in [9.17, 15) is 9.59 Å². The molecule has 1 aliphatic rings. The number of piperazine rings is 1. The number of nitrogens with one attached hydrogen (secondary N) is 2. The molecular formula is C21H34N4O2. The molecule has 0 unspecified atom stereocenters. The summed E-state index contributed by atoms with van der Waals surface area (Å²) >= 11 is 0. The number of carbonyl (C=O) groups excluding carboxylic acids is 2. The van der Waals surface area contributed by atoms with Crippen LogP contribution in [0.25, 0.3) is 0 Å². The highest BCUT2D eigenvalue weighted by Crippen LogP contribution is 2.10. The Labute approximate surface area is 163 Å². The van der Waals surface area contributed by atoms with Gasteiger partial charge in [-0.15, -0.1) is 0 Å². The Bertz CT molecular complexity index is 594. The molecule has 1 aromatic carbocycles. The van der Waals surface area contributed by atoms with Gasteiger partial charge in [0.05, 0.1) is 0 Å². The molecule has 150 valence electrons. The van der Waals surface area contributed by atoms with Crippen molar-refractivity contribution in [1.29, 1.82) is 0 Å². The van der Waals surface area contributed by atoms with Crippen molar-refractivity contribution in [2.24, 2.45) is 0 Å². The first-order chi connectivity index (χ1) is 13.2. The van der Waals surface area contributed by atoms with E-state index in [1.165, 1.54) is 0 Å². The van der Waals surface area contributed by atoms with Crippen LogP contribution >= 0.6 is 0 Å². The normalized spacial score (nSPS) is 14.7. The third-order valence-corrected chi connectivity index (χ3v) is 4.79. The Hall–Kier alpha value is -1.92. The molecule has 0 saturated carbocycles. The lowest BCUT2D eigenvalue weighted by molar-refractivity contribution is 0.0755. The Kier molecular flexibility index (Phi) is 9.28. The summed E-state index contributed by atoms with van der Waals surface area (Å²) in [5.41, 5.74) is 1.14. The van der Waals surface area contributed by atoms with Gasteiger partial charge in [-0.1, -0.05) is 19.9 Å². The Balaban J connectivity index is 1.85. The minimum Gasteiger partial charge on any atom is -0.352 e. The SMILES string of the molecule is CCCN(CCC)C(=O)c1cccc(C(=O)NCCCN2CCNCC2)c1. The van der Waals surface area contributed by atoms with Crippen LogP contribution in [0.15, 0.2) is 24.3 Å². The quantitative estimate of drug-likeness (QED) is 0.615. The molecule has 1 fully saturated rings. The van der Waals surface area contributed by atoms with Crippen LogP contribution in [0.1, 0.15) is 53.8 Å². The van der Waals surface area contributed by atoms with Crippen LogP contribution in [-0.4, -0.2) is 74.0 Å². The third kappa shape index (κ3) is 6.96. The average Bonchev–Trinajstić information content (AvgIpc) is 2.71. The van der Waals surface area contributed by atoms with Gasteiger partial charge in [-0.05, 0) is 44.0 Å². The van der Waals surface area contributed by atoms with E-state index in [4.69, 9.17) is 0 Å². The molecule has 2 rings (SSSR count). The highest BCUT2D eigenvalue weighted by atomic mass is 16.2. The highest BCUT2D eigenvalue weighted by molar-refractivity contribution is 5.99. The Morgan fingerprint density at radius 3 is 2.44 bits per heavy atom. The highest BCUT2D eigenvalue weighted by Gasteiger charge is 2.16. The molecule has 0 spiro atoms. The van der Waals surface area contributed by atoms with Crippen molar-refractivity contribution in [3.8, 4) is 0 Å². The maximum atomic E-state index is 12.7. The maximum Gasteiger partial charge on any atom is 0.253 e. The van der Waals surface area contributed by atoms with Gasteiger partial charge >= 0.3 is 0 Å². The summed E-state index contributed by atoms with van der Waals surface area (Å²) in [5.74, 6) is -0.102. The standard InChI is InChI=1S/C21H34N4O2/c1-3-12-25(13-4-2)21(27)19-8-5-7-18(17-19)20(26)23-9-6-14-24-15-10-22-11-16-24/h5,7-8,17,22H,3-4,6,9-16H2,1-2H3,(H,23,26). The number of nitrogens with zero attached hydrogens (tertiary/aromatic N) is 2. The molecule has 2 N–H and O–H groups in total. The zero-order valence-electron chi connectivity index (χ0n) is 16.8. The van der Waals surface area contributed by atoms with Crippen molar-refractivity contribution in [1.82, 2.24) is 20.4 Å². The summed E-state index contributed by atoms with van der Waals surface area (Å²) in [5, 5.41) is 6.32. The summed E-state index contributed by atoms with van der Waals surface area (Å²) in [4.78, 5) is 29.4. The van der Waals surface area contributed by atoms with E-state index >= 15 is 0 Å². The lowest BCUT2D eigenvalue weighted by Gasteiger charge is -2.27. The summed E-state index contributed by atoms with van der Waals surface area (Å²) in [6, 6.07) is 7.07. The minimum absolute atomic E-state index is 0.00654. The maximum absolute atomic E-state index is 12.7. The molecule has 2 amide bonds. The van der Waals surface area contributed by atoms with E-state index < -0.39 is 0 Å². The molecule has 0 radical (unpaired) electrons. The zero-order chi connectivity index (χ0) is 19.5. The zero-order valence-corrected chi connectivity index (χ0v) is 16.8. The molecule has 1 saturated heterocycles. The lowest BCUT2D eigenvalue weighted by Crippen LogP contribution is -2.44. The van der Waals surface area contributed by atoms with Crippen molar-refractivity contribution in [3.63, 3.8) is 0 Å². The van der Waals surface area contributed by atoms with Crippen molar-refractivity contribution in [3.05, 3.63) is 35.4 Å². The molecule has 1 aromatic rings. The first-order valence-electron chi connectivity index (χ1n) is 10.3. The summed E-state index contributed by atoms with van der Waals surface area (Å²) < 4.78 is 0. The molecule has 6 heteroatoms. The van der Waals surface area contributed by atoms with Crippen LogP contribution in [0.4, 0.5) is 0 Å². The van der Waals surface area contributed by atoms with Gasteiger partial charge in [-0.2, -0.15) is 0 Å². The number of rotatable bonds is 10. The van der Waals surface area contributed by atoms with Crippen molar-refractivity contribution < 1.29 is 9.59 Å². The van der Waals surface area contributed by atoms with Crippen LogP contribution in [0.5, 0.6) is 0 Å². The molecule has 1 heterocycles. The number of hydrogen-bond acceptors (Lipinski definition) is 4. The molecule has 0 aliphatic carbocycles. The predicted molar refractivity (Wildman–Crippen MR) is 109 cm³/mol. The number of carbonyl (C=O) groups is 2. The van der Waals surface area contributed by atoms with E-state index in [-0.39, 0.29) is 11.8 Å². The van der Waals surface area contributed by atoms with E-state index in [1.807, 2.05) is 4.90 Å².